The topological polar surface area (TPSA) is 42.2 Å². The highest BCUT2D eigenvalue weighted by Crippen LogP contribution is 2.34. The largest absolute Gasteiger partial charge is 0.344 e. The van der Waals surface area contributed by atoms with E-state index in [-0.39, 0.29) is 6.04 Å². The van der Waals surface area contributed by atoms with Gasteiger partial charge in [0.25, 0.3) is 0 Å². The predicted molar refractivity (Wildman–Crippen MR) is 92.4 cm³/mol. The van der Waals surface area contributed by atoms with Crippen LogP contribution in [0.15, 0.2) is 24.3 Å². The molecule has 1 atom stereocenters. The fraction of sp³-hybridized carbons (Fsp3) is 0.438. The van der Waals surface area contributed by atoms with Crippen molar-refractivity contribution in [1.29, 1.82) is 0 Å². The smallest absolute Gasteiger partial charge is 0.186 e. The Labute approximate surface area is 135 Å². The number of anilines is 1. The monoisotopic (exact) mass is 323 g/mol. The summed E-state index contributed by atoms with van der Waals surface area (Å²) in [6, 6.07) is 8.20. The summed E-state index contributed by atoms with van der Waals surface area (Å²) in [6.45, 7) is 7.03. The van der Waals surface area contributed by atoms with Crippen molar-refractivity contribution in [3.8, 4) is 0 Å². The second-order valence-corrected chi connectivity index (χ2v) is 7.00. The van der Waals surface area contributed by atoms with Crippen LogP contribution in [-0.2, 0) is 6.54 Å². The molecular weight excluding hydrogens is 302 g/mol. The summed E-state index contributed by atoms with van der Waals surface area (Å²) in [4.78, 5) is 8.15. The molecule has 2 aromatic rings. The van der Waals surface area contributed by atoms with Gasteiger partial charge in [-0.1, -0.05) is 37.6 Å². The van der Waals surface area contributed by atoms with Gasteiger partial charge in [-0.2, -0.15) is 0 Å². The molecular formula is C16H22ClN3S. The van der Waals surface area contributed by atoms with E-state index >= 15 is 0 Å². The van der Waals surface area contributed by atoms with E-state index in [1.165, 1.54) is 10.4 Å². The lowest BCUT2D eigenvalue weighted by Crippen LogP contribution is -2.21. The van der Waals surface area contributed by atoms with Crippen molar-refractivity contribution < 1.29 is 0 Å². The number of thiazole rings is 1. The summed E-state index contributed by atoms with van der Waals surface area (Å²) in [6.07, 6.45) is 0. The summed E-state index contributed by atoms with van der Waals surface area (Å²) in [5.41, 5.74) is 8.18. The van der Waals surface area contributed by atoms with Crippen LogP contribution < -0.4 is 10.6 Å². The maximum Gasteiger partial charge on any atom is 0.186 e. The van der Waals surface area contributed by atoms with Crippen molar-refractivity contribution in [2.45, 2.75) is 39.3 Å². The van der Waals surface area contributed by atoms with E-state index in [2.05, 4.69) is 44.9 Å². The standard InChI is InChI=1S/C16H22ClN3S/c1-10(2)15-14(9-18)21-16(19-15)20(4)11(3)12-5-7-13(17)8-6-12/h5-8,10-11H,9,18H2,1-4H3. The molecule has 2 rings (SSSR count). The maximum atomic E-state index is 5.95. The average molecular weight is 324 g/mol. The first kappa shape index (κ1) is 16.3. The summed E-state index contributed by atoms with van der Waals surface area (Å²) >= 11 is 7.64. The molecule has 21 heavy (non-hydrogen) atoms. The molecule has 5 heteroatoms. The third-order valence-corrected chi connectivity index (χ3v) is 5.12. The highest BCUT2D eigenvalue weighted by Gasteiger charge is 2.19. The zero-order valence-corrected chi connectivity index (χ0v) is 14.5. The molecule has 0 radical (unpaired) electrons. The second kappa shape index (κ2) is 6.77. The van der Waals surface area contributed by atoms with Gasteiger partial charge in [-0.05, 0) is 30.5 Å². The van der Waals surface area contributed by atoms with Crippen LogP contribution in [0.4, 0.5) is 5.13 Å². The average Bonchev–Trinajstić information content (AvgIpc) is 2.91. The Bertz CT molecular complexity index is 592. The molecule has 2 N–H and O–H groups in total. The number of hydrogen-bond donors (Lipinski definition) is 1. The van der Waals surface area contributed by atoms with Crippen molar-refractivity contribution in [3.63, 3.8) is 0 Å². The lowest BCUT2D eigenvalue weighted by molar-refractivity contribution is 0.729. The van der Waals surface area contributed by atoms with Crippen LogP contribution in [-0.4, -0.2) is 12.0 Å². The Kier molecular flexibility index (Phi) is 5.25. The highest BCUT2D eigenvalue weighted by molar-refractivity contribution is 7.15. The summed E-state index contributed by atoms with van der Waals surface area (Å²) < 4.78 is 0. The fourth-order valence-electron chi connectivity index (χ4n) is 2.23. The van der Waals surface area contributed by atoms with Gasteiger partial charge in [0.2, 0.25) is 0 Å². The Balaban J connectivity index is 2.26. The van der Waals surface area contributed by atoms with E-state index < -0.39 is 0 Å². The Morgan fingerprint density at radius 1 is 1.24 bits per heavy atom. The molecule has 0 aliphatic rings. The van der Waals surface area contributed by atoms with Gasteiger partial charge in [-0.15, -0.1) is 11.3 Å². The molecule has 114 valence electrons. The number of halogens is 1. The minimum atomic E-state index is 0.235. The molecule has 0 saturated carbocycles. The summed E-state index contributed by atoms with van der Waals surface area (Å²) in [5, 5.41) is 1.77. The molecule has 1 aromatic heterocycles. The number of nitrogens with zero attached hydrogens (tertiary/aromatic N) is 2. The first-order valence-electron chi connectivity index (χ1n) is 7.12. The molecule has 0 amide bonds. The molecule has 0 aliphatic carbocycles. The van der Waals surface area contributed by atoms with Gasteiger partial charge >= 0.3 is 0 Å². The molecule has 0 fully saturated rings. The first-order valence-corrected chi connectivity index (χ1v) is 8.31. The van der Waals surface area contributed by atoms with Crippen molar-refractivity contribution in [2.75, 3.05) is 11.9 Å². The highest BCUT2D eigenvalue weighted by atomic mass is 35.5. The van der Waals surface area contributed by atoms with Crippen molar-refractivity contribution >= 4 is 28.1 Å². The SMILES string of the molecule is CC(C)c1nc(N(C)C(C)c2ccc(Cl)cc2)sc1CN. The molecule has 0 spiro atoms. The van der Waals surface area contributed by atoms with Crippen molar-refractivity contribution in [1.82, 2.24) is 4.98 Å². The van der Waals surface area contributed by atoms with Gasteiger partial charge in [0.05, 0.1) is 11.7 Å². The van der Waals surface area contributed by atoms with Gasteiger partial charge in [-0.3, -0.25) is 0 Å². The number of hydrogen-bond acceptors (Lipinski definition) is 4. The molecule has 1 heterocycles. The van der Waals surface area contributed by atoms with Crippen LogP contribution in [0.5, 0.6) is 0 Å². The number of benzene rings is 1. The van der Waals surface area contributed by atoms with Crippen LogP contribution in [0.3, 0.4) is 0 Å². The molecule has 0 aliphatic heterocycles. The Hall–Kier alpha value is -1.10. The van der Waals surface area contributed by atoms with Crippen LogP contribution in [0.25, 0.3) is 0 Å². The number of rotatable bonds is 5. The zero-order chi connectivity index (χ0) is 15.6. The third kappa shape index (κ3) is 3.57. The minimum Gasteiger partial charge on any atom is -0.344 e. The lowest BCUT2D eigenvalue weighted by Gasteiger charge is -2.24. The quantitative estimate of drug-likeness (QED) is 0.876. The van der Waals surface area contributed by atoms with E-state index in [9.17, 15) is 0 Å². The van der Waals surface area contributed by atoms with Gasteiger partial charge in [0.15, 0.2) is 5.13 Å². The normalized spacial score (nSPS) is 12.7. The Morgan fingerprint density at radius 3 is 2.33 bits per heavy atom. The molecule has 0 bridgehead atoms. The van der Waals surface area contributed by atoms with Crippen LogP contribution >= 0.6 is 22.9 Å². The number of nitrogens with two attached hydrogens (primary N) is 1. The van der Waals surface area contributed by atoms with Crippen LogP contribution in [0.2, 0.25) is 5.02 Å². The van der Waals surface area contributed by atoms with E-state index in [4.69, 9.17) is 22.3 Å². The van der Waals surface area contributed by atoms with Crippen LogP contribution in [0, 0.1) is 0 Å². The van der Waals surface area contributed by atoms with E-state index in [1.54, 1.807) is 11.3 Å². The van der Waals surface area contributed by atoms with Crippen LogP contribution in [0.1, 0.15) is 48.9 Å². The zero-order valence-electron chi connectivity index (χ0n) is 12.9. The lowest BCUT2D eigenvalue weighted by atomic mass is 10.1. The minimum absolute atomic E-state index is 0.235. The van der Waals surface area contributed by atoms with Gasteiger partial charge < -0.3 is 10.6 Å². The molecule has 1 aromatic carbocycles. The molecule has 1 unspecified atom stereocenters. The maximum absolute atomic E-state index is 5.95. The summed E-state index contributed by atoms with van der Waals surface area (Å²) in [5.74, 6) is 0.396. The van der Waals surface area contributed by atoms with E-state index in [0.29, 0.717) is 12.5 Å². The van der Waals surface area contributed by atoms with Gasteiger partial charge in [0, 0.05) is 23.5 Å². The molecule has 0 saturated heterocycles. The van der Waals surface area contributed by atoms with Crippen molar-refractivity contribution in [2.24, 2.45) is 5.73 Å². The Morgan fingerprint density at radius 2 is 1.86 bits per heavy atom. The van der Waals surface area contributed by atoms with Gasteiger partial charge in [-0.25, -0.2) is 4.98 Å². The third-order valence-electron chi connectivity index (χ3n) is 3.68. The van der Waals surface area contributed by atoms with Crippen molar-refractivity contribution in [3.05, 3.63) is 45.4 Å². The predicted octanol–water partition coefficient (Wildman–Crippen LogP) is 4.58. The van der Waals surface area contributed by atoms with Gasteiger partial charge in [0.1, 0.15) is 0 Å². The second-order valence-electron chi connectivity index (χ2n) is 5.50. The fourth-order valence-corrected chi connectivity index (χ4v) is 3.49. The summed E-state index contributed by atoms with van der Waals surface area (Å²) in [7, 11) is 2.07. The number of aromatic nitrogens is 1. The van der Waals surface area contributed by atoms with E-state index in [1.807, 2.05) is 12.1 Å². The molecule has 3 nitrogen and oxygen atoms in total. The first-order chi connectivity index (χ1) is 9.93. The van der Waals surface area contributed by atoms with E-state index in [0.717, 1.165) is 15.8 Å².